The molecule has 184 valence electrons. The van der Waals surface area contributed by atoms with Crippen LogP contribution in [0.5, 0.6) is 0 Å². The van der Waals surface area contributed by atoms with Gasteiger partial charge in [-0.15, -0.1) is 11.3 Å². The third-order valence-corrected chi connectivity index (χ3v) is 9.19. The van der Waals surface area contributed by atoms with Crippen LogP contribution in [0.2, 0.25) is 0 Å². The van der Waals surface area contributed by atoms with Crippen LogP contribution in [0.1, 0.15) is 17.2 Å². The molecule has 1 nitrogen and oxygen atoms in total. The first-order valence-corrected chi connectivity index (χ1v) is 14.2. The van der Waals surface area contributed by atoms with E-state index in [1.54, 1.807) is 0 Å². The van der Waals surface area contributed by atoms with Crippen molar-refractivity contribution in [2.45, 2.75) is 6.04 Å². The van der Waals surface area contributed by atoms with Gasteiger partial charge >= 0.3 is 0 Å². The Hall–Kier alpha value is -4.66. The summed E-state index contributed by atoms with van der Waals surface area (Å²) in [4.78, 5) is 0. The lowest BCUT2D eigenvalue weighted by Gasteiger charge is -2.29. The molecular weight excluding hydrogens is 490 g/mol. The van der Waals surface area contributed by atoms with Crippen molar-refractivity contribution in [2.75, 3.05) is 0 Å². The minimum atomic E-state index is 0.166. The average molecular weight is 516 g/mol. The molecule has 0 spiro atoms. The SMILES string of the molecule is C1=CNC2C(=C1)C=Cc1cccc(-c3ccccc3-c3ccc4sc5c(-c6ccccc6)cccc5c4c3)c12. The minimum absolute atomic E-state index is 0.166. The smallest absolute Gasteiger partial charge is 0.0774 e. The number of thiophene rings is 1. The molecule has 2 heteroatoms. The molecule has 5 aromatic carbocycles. The molecule has 2 heterocycles. The van der Waals surface area contributed by atoms with E-state index in [1.807, 2.05) is 11.3 Å². The first-order chi connectivity index (χ1) is 19.3. The Balaban J connectivity index is 1.31. The van der Waals surface area contributed by atoms with E-state index in [-0.39, 0.29) is 6.04 Å². The fraction of sp³-hybridized carbons (Fsp3) is 0.0270. The monoisotopic (exact) mass is 515 g/mol. The largest absolute Gasteiger partial charge is 0.380 e. The van der Waals surface area contributed by atoms with Crippen LogP contribution >= 0.6 is 11.3 Å². The molecule has 39 heavy (non-hydrogen) atoms. The summed E-state index contributed by atoms with van der Waals surface area (Å²) in [6.45, 7) is 0. The van der Waals surface area contributed by atoms with Gasteiger partial charge in [0.1, 0.15) is 0 Å². The van der Waals surface area contributed by atoms with Crippen LogP contribution in [-0.4, -0.2) is 0 Å². The molecule has 8 rings (SSSR count). The number of allylic oxidation sites excluding steroid dienone is 2. The predicted octanol–water partition coefficient (Wildman–Crippen LogP) is 10.2. The molecule has 6 aromatic rings. The van der Waals surface area contributed by atoms with Gasteiger partial charge in [-0.3, -0.25) is 0 Å². The van der Waals surface area contributed by atoms with E-state index in [1.165, 1.54) is 70.3 Å². The molecule has 2 aliphatic rings. The van der Waals surface area contributed by atoms with E-state index >= 15 is 0 Å². The van der Waals surface area contributed by atoms with Crippen molar-refractivity contribution in [3.05, 3.63) is 150 Å². The van der Waals surface area contributed by atoms with Gasteiger partial charge in [0.15, 0.2) is 0 Å². The summed E-state index contributed by atoms with van der Waals surface area (Å²) in [6, 6.07) is 40.1. The van der Waals surface area contributed by atoms with Crippen molar-refractivity contribution < 1.29 is 0 Å². The van der Waals surface area contributed by atoms with Gasteiger partial charge in [0.25, 0.3) is 0 Å². The highest BCUT2D eigenvalue weighted by atomic mass is 32.1. The molecule has 1 aliphatic heterocycles. The van der Waals surface area contributed by atoms with Gasteiger partial charge in [0.05, 0.1) is 6.04 Å². The Morgan fingerprint density at radius 2 is 1.38 bits per heavy atom. The van der Waals surface area contributed by atoms with Crippen molar-refractivity contribution in [3.8, 4) is 33.4 Å². The molecule has 0 saturated carbocycles. The molecule has 0 radical (unpaired) electrons. The van der Waals surface area contributed by atoms with Crippen LogP contribution in [-0.2, 0) is 0 Å². The summed E-state index contributed by atoms with van der Waals surface area (Å²) in [6.07, 6.45) is 10.8. The van der Waals surface area contributed by atoms with Gasteiger partial charge in [-0.25, -0.2) is 0 Å². The number of dihydropyridines is 1. The van der Waals surface area contributed by atoms with Crippen LogP contribution < -0.4 is 5.32 Å². The molecule has 1 atom stereocenters. The number of fused-ring (bicyclic) bond motifs is 6. The first kappa shape index (κ1) is 22.3. The zero-order valence-electron chi connectivity index (χ0n) is 21.3. The van der Waals surface area contributed by atoms with Crippen molar-refractivity contribution in [1.29, 1.82) is 0 Å². The summed E-state index contributed by atoms with van der Waals surface area (Å²) < 4.78 is 2.67. The van der Waals surface area contributed by atoms with E-state index in [0.29, 0.717) is 0 Å². The molecule has 1 N–H and O–H groups in total. The van der Waals surface area contributed by atoms with Crippen LogP contribution in [0.15, 0.2) is 139 Å². The summed E-state index contributed by atoms with van der Waals surface area (Å²) in [5.41, 5.74) is 11.6. The Bertz CT molecular complexity index is 1990. The van der Waals surface area contributed by atoms with Crippen molar-refractivity contribution in [1.82, 2.24) is 5.32 Å². The number of hydrogen-bond donors (Lipinski definition) is 1. The van der Waals surface area contributed by atoms with Gasteiger partial charge in [-0.2, -0.15) is 0 Å². The molecule has 0 amide bonds. The van der Waals surface area contributed by atoms with Crippen LogP contribution in [0.3, 0.4) is 0 Å². The topological polar surface area (TPSA) is 12.0 Å². The molecule has 0 fully saturated rings. The molecule has 0 saturated heterocycles. The maximum absolute atomic E-state index is 3.61. The van der Waals surface area contributed by atoms with Gasteiger partial charge in [-0.05, 0) is 74.5 Å². The van der Waals surface area contributed by atoms with E-state index < -0.39 is 0 Å². The Morgan fingerprint density at radius 1 is 0.590 bits per heavy atom. The Kier molecular flexibility index (Phi) is 5.14. The van der Waals surface area contributed by atoms with Crippen molar-refractivity contribution >= 4 is 37.6 Å². The van der Waals surface area contributed by atoms with Crippen LogP contribution in [0.25, 0.3) is 59.6 Å². The Morgan fingerprint density at radius 3 is 2.31 bits per heavy atom. The summed E-state index contributed by atoms with van der Waals surface area (Å²) in [7, 11) is 0. The van der Waals surface area contributed by atoms with Crippen molar-refractivity contribution in [3.63, 3.8) is 0 Å². The second kappa shape index (κ2) is 8.97. The second-order valence-electron chi connectivity index (χ2n) is 10.2. The van der Waals surface area contributed by atoms with Crippen LogP contribution in [0.4, 0.5) is 0 Å². The maximum Gasteiger partial charge on any atom is 0.0774 e. The second-order valence-corrected chi connectivity index (χ2v) is 11.2. The summed E-state index contributed by atoms with van der Waals surface area (Å²) in [5.74, 6) is 0. The standard InChI is InChI=1S/C37H25NS/c1-2-9-24(10-3-1)29-15-7-17-32-33-23-27(20-21-34(33)39-37(29)32)28-13-4-5-14-30(28)31-16-6-11-25-18-19-26-12-8-22-38-36(26)35(25)31/h1-23,36,38H. The number of nitrogens with one attached hydrogen (secondary N) is 1. The lowest BCUT2D eigenvalue weighted by Crippen LogP contribution is -2.22. The van der Waals surface area contributed by atoms with E-state index in [2.05, 4.69) is 145 Å². The number of rotatable bonds is 3. The quantitative estimate of drug-likeness (QED) is 0.247. The van der Waals surface area contributed by atoms with Crippen LogP contribution in [0, 0.1) is 0 Å². The third-order valence-electron chi connectivity index (χ3n) is 7.97. The van der Waals surface area contributed by atoms with Gasteiger partial charge in [0, 0.05) is 20.2 Å². The zero-order chi connectivity index (χ0) is 25.8. The number of hydrogen-bond acceptors (Lipinski definition) is 2. The van der Waals surface area contributed by atoms with E-state index in [4.69, 9.17) is 0 Å². The van der Waals surface area contributed by atoms with Crippen molar-refractivity contribution in [2.24, 2.45) is 0 Å². The highest BCUT2D eigenvalue weighted by molar-refractivity contribution is 7.26. The normalized spacial score (nSPS) is 15.6. The summed E-state index contributed by atoms with van der Waals surface area (Å²) in [5, 5.41) is 6.25. The first-order valence-electron chi connectivity index (χ1n) is 13.4. The maximum atomic E-state index is 3.61. The molecule has 1 aromatic heterocycles. The van der Waals surface area contributed by atoms with E-state index in [9.17, 15) is 0 Å². The van der Waals surface area contributed by atoms with E-state index in [0.717, 1.165) is 0 Å². The lowest BCUT2D eigenvalue weighted by molar-refractivity contribution is 0.715. The molecule has 1 aliphatic carbocycles. The fourth-order valence-corrected chi connectivity index (χ4v) is 7.38. The molecule has 0 bridgehead atoms. The average Bonchev–Trinajstić information content (AvgIpc) is 3.39. The van der Waals surface area contributed by atoms with Gasteiger partial charge < -0.3 is 5.32 Å². The summed E-state index contributed by atoms with van der Waals surface area (Å²) >= 11 is 1.89. The highest BCUT2D eigenvalue weighted by Gasteiger charge is 2.25. The lowest BCUT2D eigenvalue weighted by atomic mass is 9.81. The molecular formula is C37H25NS. The Labute approximate surface area is 232 Å². The van der Waals surface area contributed by atoms with Gasteiger partial charge in [-0.1, -0.05) is 115 Å². The third kappa shape index (κ3) is 3.60. The highest BCUT2D eigenvalue weighted by Crippen LogP contribution is 2.45. The zero-order valence-corrected chi connectivity index (χ0v) is 22.1. The van der Waals surface area contributed by atoms with Gasteiger partial charge in [0.2, 0.25) is 0 Å². The predicted molar refractivity (Wildman–Crippen MR) is 168 cm³/mol. The minimum Gasteiger partial charge on any atom is -0.380 e. The molecule has 1 unspecified atom stereocenters. The fourth-order valence-electron chi connectivity index (χ4n) is 6.16. The number of benzene rings is 5.